The van der Waals surface area contributed by atoms with Crippen molar-refractivity contribution in [1.82, 2.24) is 10.6 Å². The summed E-state index contributed by atoms with van der Waals surface area (Å²) >= 11 is 0. The van der Waals surface area contributed by atoms with E-state index in [1.807, 2.05) is 54.8 Å². The lowest BCUT2D eigenvalue weighted by Crippen LogP contribution is -2.41. The summed E-state index contributed by atoms with van der Waals surface area (Å²) < 4.78 is 0. The van der Waals surface area contributed by atoms with E-state index in [1.165, 1.54) is 0 Å². The quantitative estimate of drug-likeness (QED) is 0.739. The van der Waals surface area contributed by atoms with Gasteiger partial charge < -0.3 is 10.4 Å². The Morgan fingerprint density at radius 2 is 2.11 bits per heavy atom. The second-order valence-corrected chi connectivity index (χ2v) is 4.12. The Labute approximate surface area is 106 Å². The van der Waals surface area contributed by atoms with Crippen LogP contribution in [0.5, 0.6) is 0 Å². The number of benzene rings is 1. The van der Waals surface area contributed by atoms with Crippen LogP contribution in [0.4, 0.5) is 0 Å². The number of aliphatic carboxylic acids is 1. The Bertz CT molecular complexity index is 454. The smallest absolute Gasteiger partial charge is 0.305 e. The molecule has 0 amide bonds. The molecule has 0 bridgehead atoms. The first-order chi connectivity index (χ1) is 8.75. The summed E-state index contributed by atoms with van der Waals surface area (Å²) in [6, 6.07) is 9.40. The number of hydrogen-bond donors (Lipinski definition) is 3. The molecule has 1 aromatic carbocycles. The minimum Gasteiger partial charge on any atom is -0.481 e. The third-order valence-corrected chi connectivity index (χ3v) is 2.75. The van der Waals surface area contributed by atoms with Crippen molar-refractivity contribution in [2.75, 3.05) is 0 Å². The molecule has 0 aromatic heterocycles. The average Bonchev–Trinajstić information content (AvgIpc) is 2.40. The number of allylic oxidation sites excluding steroid dienone is 2. The van der Waals surface area contributed by atoms with E-state index < -0.39 is 5.97 Å². The van der Waals surface area contributed by atoms with E-state index in [-0.39, 0.29) is 18.6 Å². The van der Waals surface area contributed by atoms with Crippen LogP contribution in [0.3, 0.4) is 0 Å². The number of carbonyl (C=O) groups is 1. The van der Waals surface area contributed by atoms with Crippen molar-refractivity contribution in [3.63, 3.8) is 0 Å². The van der Waals surface area contributed by atoms with Gasteiger partial charge in [-0.15, -0.1) is 0 Å². The van der Waals surface area contributed by atoms with E-state index in [0.717, 1.165) is 5.56 Å². The molecular weight excluding hydrogens is 228 g/mol. The van der Waals surface area contributed by atoms with Crippen molar-refractivity contribution in [3.05, 3.63) is 60.3 Å². The van der Waals surface area contributed by atoms with Crippen LogP contribution in [0.1, 0.15) is 18.0 Å². The molecular formula is C14H16N2O2. The highest BCUT2D eigenvalue weighted by Crippen LogP contribution is 2.17. The van der Waals surface area contributed by atoms with Gasteiger partial charge in [-0.1, -0.05) is 36.4 Å². The maximum absolute atomic E-state index is 10.9. The zero-order valence-corrected chi connectivity index (χ0v) is 9.91. The molecule has 0 fully saturated rings. The summed E-state index contributed by atoms with van der Waals surface area (Å²) in [6.45, 7) is 0. The van der Waals surface area contributed by atoms with Crippen LogP contribution in [-0.4, -0.2) is 17.2 Å². The zero-order valence-electron chi connectivity index (χ0n) is 9.91. The van der Waals surface area contributed by atoms with Crippen LogP contribution in [0.2, 0.25) is 0 Å². The van der Waals surface area contributed by atoms with Gasteiger partial charge in [0.2, 0.25) is 0 Å². The Hall–Kier alpha value is -2.07. The molecule has 2 rings (SSSR count). The summed E-state index contributed by atoms with van der Waals surface area (Å²) in [6.07, 6.45) is 7.63. The number of dihydropyridines is 1. The molecule has 0 spiro atoms. The monoisotopic (exact) mass is 244 g/mol. The van der Waals surface area contributed by atoms with E-state index in [9.17, 15) is 4.79 Å². The van der Waals surface area contributed by atoms with Crippen LogP contribution in [0.15, 0.2) is 54.8 Å². The number of carboxylic acid groups (broad SMARTS) is 1. The molecule has 2 atom stereocenters. The van der Waals surface area contributed by atoms with Crippen molar-refractivity contribution in [1.29, 1.82) is 0 Å². The van der Waals surface area contributed by atoms with Crippen LogP contribution in [0, 0.1) is 0 Å². The molecule has 1 unspecified atom stereocenters. The normalized spacial score (nSPS) is 19.2. The second-order valence-electron chi connectivity index (χ2n) is 4.12. The number of nitrogens with one attached hydrogen (secondary N) is 2. The third-order valence-electron chi connectivity index (χ3n) is 2.75. The van der Waals surface area contributed by atoms with Gasteiger partial charge in [0.25, 0.3) is 0 Å². The minimum absolute atomic E-state index is 0.0421. The molecule has 4 heteroatoms. The van der Waals surface area contributed by atoms with E-state index in [0.29, 0.717) is 0 Å². The number of carboxylic acids is 1. The largest absolute Gasteiger partial charge is 0.481 e. The fourth-order valence-corrected chi connectivity index (χ4v) is 1.90. The summed E-state index contributed by atoms with van der Waals surface area (Å²) in [4.78, 5) is 10.9. The molecule has 1 aliphatic heterocycles. The summed E-state index contributed by atoms with van der Waals surface area (Å²) in [7, 11) is 0. The molecule has 0 aliphatic carbocycles. The van der Waals surface area contributed by atoms with Gasteiger partial charge in [-0.05, 0) is 23.9 Å². The molecule has 0 radical (unpaired) electrons. The third kappa shape index (κ3) is 3.46. The van der Waals surface area contributed by atoms with Gasteiger partial charge >= 0.3 is 5.97 Å². The first-order valence-corrected chi connectivity index (χ1v) is 5.88. The fourth-order valence-electron chi connectivity index (χ4n) is 1.90. The summed E-state index contributed by atoms with van der Waals surface area (Å²) in [5, 5.41) is 15.4. The van der Waals surface area contributed by atoms with Crippen LogP contribution >= 0.6 is 0 Å². The zero-order chi connectivity index (χ0) is 12.8. The molecule has 1 heterocycles. The van der Waals surface area contributed by atoms with Crippen LogP contribution < -0.4 is 10.6 Å². The predicted octanol–water partition coefficient (Wildman–Crippen LogP) is 1.79. The van der Waals surface area contributed by atoms with Gasteiger partial charge in [-0.2, -0.15) is 0 Å². The van der Waals surface area contributed by atoms with Gasteiger partial charge in [-0.25, -0.2) is 0 Å². The van der Waals surface area contributed by atoms with Crippen LogP contribution in [-0.2, 0) is 4.79 Å². The van der Waals surface area contributed by atoms with Crippen LogP contribution in [0.25, 0.3) is 0 Å². The molecule has 3 N–H and O–H groups in total. The first kappa shape index (κ1) is 12.4. The average molecular weight is 244 g/mol. The topological polar surface area (TPSA) is 61.4 Å². The maximum atomic E-state index is 10.9. The van der Waals surface area contributed by atoms with Gasteiger partial charge in [0.15, 0.2) is 0 Å². The Balaban J connectivity index is 2.08. The van der Waals surface area contributed by atoms with Gasteiger partial charge in [-0.3, -0.25) is 10.1 Å². The molecule has 18 heavy (non-hydrogen) atoms. The molecule has 0 saturated heterocycles. The Morgan fingerprint density at radius 3 is 2.72 bits per heavy atom. The highest BCUT2D eigenvalue weighted by Gasteiger charge is 2.18. The van der Waals surface area contributed by atoms with Crippen molar-refractivity contribution >= 4 is 5.97 Å². The van der Waals surface area contributed by atoms with Crippen molar-refractivity contribution in [2.45, 2.75) is 18.6 Å². The molecule has 0 saturated carbocycles. The SMILES string of the molecule is O=C(O)C[C@@H](NC1C=CC=CN1)c1ccccc1. The van der Waals surface area contributed by atoms with Crippen molar-refractivity contribution in [2.24, 2.45) is 0 Å². The fraction of sp³-hybridized carbons (Fsp3) is 0.214. The Morgan fingerprint density at radius 1 is 1.33 bits per heavy atom. The van der Waals surface area contributed by atoms with E-state index in [4.69, 9.17) is 5.11 Å². The van der Waals surface area contributed by atoms with Crippen molar-refractivity contribution < 1.29 is 9.90 Å². The number of rotatable bonds is 5. The first-order valence-electron chi connectivity index (χ1n) is 5.88. The summed E-state index contributed by atoms with van der Waals surface area (Å²) in [5.41, 5.74) is 0.977. The van der Waals surface area contributed by atoms with Gasteiger partial charge in [0.05, 0.1) is 12.6 Å². The molecule has 1 aromatic rings. The molecule has 94 valence electrons. The van der Waals surface area contributed by atoms with Crippen molar-refractivity contribution in [3.8, 4) is 0 Å². The summed E-state index contributed by atoms with van der Waals surface area (Å²) in [5.74, 6) is -0.813. The Kier molecular flexibility index (Phi) is 4.15. The van der Waals surface area contributed by atoms with E-state index in [1.54, 1.807) is 0 Å². The predicted molar refractivity (Wildman–Crippen MR) is 69.8 cm³/mol. The van der Waals surface area contributed by atoms with E-state index >= 15 is 0 Å². The lowest BCUT2D eigenvalue weighted by Gasteiger charge is -2.24. The maximum Gasteiger partial charge on any atom is 0.305 e. The lowest BCUT2D eigenvalue weighted by atomic mass is 10.0. The van der Waals surface area contributed by atoms with E-state index in [2.05, 4.69) is 10.6 Å². The lowest BCUT2D eigenvalue weighted by molar-refractivity contribution is -0.137. The molecule has 4 nitrogen and oxygen atoms in total. The minimum atomic E-state index is -0.813. The standard InChI is InChI=1S/C14H16N2O2/c17-14(18)10-12(11-6-2-1-3-7-11)16-13-8-4-5-9-15-13/h1-9,12-13,15-16H,10H2,(H,17,18)/t12-,13?/m1/s1. The second kappa shape index (κ2) is 6.02. The van der Waals surface area contributed by atoms with Gasteiger partial charge in [0.1, 0.15) is 0 Å². The van der Waals surface area contributed by atoms with Gasteiger partial charge in [0, 0.05) is 6.04 Å². The highest BCUT2D eigenvalue weighted by atomic mass is 16.4. The highest BCUT2D eigenvalue weighted by molar-refractivity contribution is 5.68. The molecule has 1 aliphatic rings. The number of hydrogen-bond acceptors (Lipinski definition) is 3.